The number of imide groups is 1. The number of carbonyl (C=O) groups is 3. The standard InChI is InChI=1S/C17H18N4O4/c22-15(14-9-6-12-20(14)17(24)25)21(19-10-4-5-11-19)16(23)18-13-7-2-1-3-8-13/h1-5,7-8,10-11,14H,6,9,12H2,(H,18,23)(H,24,25). The molecule has 1 saturated heterocycles. The second kappa shape index (κ2) is 7.08. The van der Waals surface area contributed by atoms with E-state index in [0.717, 1.165) is 9.91 Å². The Morgan fingerprint density at radius 1 is 1.08 bits per heavy atom. The van der Waals surface area contributed by atoms with Gasteiger partial charge in [-0.25, -0.2) is 9.59 Å². The predicted octanol–water partition coefficient (Wildman–Crippen LogP) is 2.33. The molecule has 0 saturated carbocycles. The number of hydrogen-bond donors (Lipinski definition) is 2. The highest BCUT2D eigenvalue weighted by molar-refractivity contribution is 6.14. The van der Waals surface area contributed by atoms with Crippen molar-refractivity contribution in [2.24, 2.45) is 0 Å². The zero-order valence-electron chi connectivity index (χ0n) is 13.4. The van der Waals surface area contributed by atoms with E-state index in [1.807, 2.05) is 6.07 Å². The molecule has 2 heterocycles. The Balaban J connectivity index is 1.86. The van der Waals surface area contributed by atoms with Gasteiger partial charge in [0.2, 0.25) is 0 Å². The van der Waals surface area contributed by atoms with Crippen LogP contribution in [-0.2, 0) is 4.79 Å². The first-order chi connectivity index (χ1) is 12.1. The average molecular weight is 342 g/mol. The lowest BCUT2D eigenvalue weighted by atomic mass is 10.2. The van der Waals surface area contributed by atoms with E-state index >= 15 is 0 Å². The Kier molecular flexibility index (Phi) is 4.69. The maximum atomic E-state index is 12.9. The van der Waals surface area contributed by atoms with Crippen molar-refractivity contribution in [3.8, 4) is 0 Å². The molecule has 1 aliphatic rings. The lowest BCUT2D eigenvalue weighted by Crippen LogP contribution is -2.55. The minimum Gasteiger partial charge on any atom is -0.465 e. The molecule has 1 aliphatic heterocycles. The van der Waals surface area contributed by atoms with Crippen LogP contribution in [0.1, 0.15) is 12.8 Å². The molecule has 0 radical (unpaired) electrons. The van der Waals surface area contributed by atoms with Gasteiger partial charge in [-0.15, -0.1) is 0 Å². The van der Waals surface area contributed by atoms with Crippen molar-refractivity contribution >= 4 is 23.7 Å². The quantitative estimate of drug-likeness (QED) is 0.895. The van der Waals surface area contributed by atoms with Crippen molar-refractivity contribution < 1.29 is 19.5 Å². The van der Waals surface area contributed by atoms with Gasteiger partial charge in [0, 0.05) is 24.6 Å². The third kappa shape index (κ3) is 3.47. The number of hydrogen-bond acceptors (Lipinski definition) is 3. The number of amides is 4. The summed E-state index contributed by atoms with van der Waals surface area (Å²) in [6, 6.07) is 10.6. The summed E-state index contributed by atoms with van der Waals surface area (Å²) in [6.07, 6.45) is 2.93. The van der Waals surface area contributed by atoms with Crippen molar-refractivity contribution in [3.05, 3.63) is 54.9 Å². The van der Waals surface area contributed by atoms with Crippen molar-refractivity contribution in [2.45, 2.75) is 18.9 Å². The van der Waals surface area contributed by atoms with E-state index in [4.69, 9.17) is 0 Å². The van der Waals surface area contributed by atoms with E-state index in [1.54, 1.807) is 48.8 Å². The molecule has 3 rings (SSSR count). The normalized spacial score (nSPS) is 16.5. The van der Waals surface area contributed by atoms with E-state index < -0.39 is 24.1 Å². The minimum absolute atomic E-state index is 0.283. The maximum absolute atomic E-state index is 12.9. The summed E-state index contributed by atoms with van der Waals surface area (Å²) >= 11 is 0. The van der Waals surface area contributed by atoms with Crippen LogP contribution in [0, 0.1) is 0 Å². The number of para-hydroxylation sites is 1. The Bertz CT molecular complexity index is 760. The Labute approximate surface area is 144 Å². The summed E-state index contributed by atoms with van der Waals surface area (Å²) in [6.45, 7) is 0.283. The first-order valence-electron chi connectivity index (χ1n) is 7.91. The smallest absolute Gasteiger partial charge is 0.407 e. The van der Waals surface area contributed by atoms with Crippen molar-refractivity contribution in [3.63, 3.8) is 0 Å². The van der Waals surface area contributed by atoms with Crippen LogP contribution < -0.4 is 10.3 Å². The fraction of sp³-hybridized carbons (Fsp3) is 0.235. The van der Waals surface area contributed by atoms with Gasteiger partial charge in [-0.1, -0.05) is 18.2 Å². The van der Waals surface area contributed by atoms with Crippen molar-refractivity contribution in [1.82, 2.24) is 9.58 Å². The second-order valence-corrected chi connectivity index (χ2v) is 5.64. The van der Waals surface area contributed by atoms with Crippen LogP contribution in [0.4, 0.5) is 15.3 Å². The number of carboxylic acid groups (broad SMARTS) is 1. The fourth-order valence-electron chi connectivity index (χ4n) is 2.87. The molecule has 2 aromatic rings. The third-order valence-corrected chi connectivity index (χ3v) is 4.03. The summed E-state index contributed by atoms with van der Waals surface area (Å²) in [7, 11) is 0. The molecule has 8 heteroatoms. The molecular formula is C17H18N4O4. The molecular weight excluding hydrogens is 324 g/mol. The molecule has 1 atom stereocenters. The predicted molar refractivity (Wildman–Crippen MR) is 90.9 cm³/mol. The topological polar surface area (TPSA) is 94.9 Å². The highest BCUT2D eigenvalue weighted by Crippen LogP contribution is 2.20. The summed E-state index contributed by atoms with van der Waals surface area (Å²) in [5.41, 5.74) is 0.541. The van der Waals surface area contributed by atoms with Gasteiger partial charge < -0.3 is 10.4 Å². The van der Waals surface area contributed by atoms with Gasteiger partial charge >= 0.3 is 12.1 Å². The van der Waals surface area contributed by atoms with Crippen LogP contribution in [0.2, 0.25) is 0 Å². The average Bonchev–Trinajstić information content (AvgIpc) is 3.27. The molecule has 25 heavy (non-hydrogen) atoms. The van der Waals surface area contributed by atoms with Gasteiger partial charge in [-0.3, -0.25) is 14.4 Å². The number of nitrogens with zero attached hydrogens (tertiary/aromatic N) is 3. The molecule has 0 bridgehead atoms. The zero-order chi connectivity index (χ0) is 17.8. The molecule has 1 aromatic carbocycles. The molecule has 0 aliphatic carbocycles. The minimum atomic E-state index is -1.16. The molecule has 4 amide bonds. The summed E-state index contributed by atoms with van der Waals surface area (Å²) in [4.78, 5) is 38.0. The van der Waals surface area contributed by atoms with Crippen molar-refractivity contribution in [2.75, 3.05) is 16.9 Å². The van der Waals surface area contributed by atoms with Gasteiger partial charge in [-0.05, 0) is 37.1 Å². The first-order valence-corrected chi connectivity index (χ1v) is 7.91. The zero-order valence-corrected chi connectivity index (χ0v) is 13.4. The number of urea groups is 1. The molecule has 2 N–H and O–H groups in total. The summed E-state index contributed by atoms with van der Waals surface area (Å²) < 4.78 is 1.35. The Morgan fingerprint density at radius 2 is 1.76 bits per heavy atom. The van der Waals surface area contributed by atoms with Gasteiger partial charge in [0.15, 0.2) is 0 Å². The number of nitrogens with one attached hydrogen (secondary N) is 1. The number of carbonyl (C=O) groups excluding carboxylic acids is 2. The van der Waals surface area contributed by atoms with Gasteiger partial charge in [0.1, 0.15) is 6.04 Å². The Morgan fingerprint density at radius 3 is 2.40 bits per heavy atom. The first kappa shape index (κ1) is 16.6. The largest absolute Gasteiger partial charge is 0.465 e. The van der Waals surface area contributed by atoms with E-state index in [1.165, 1.54) is 4.68 Å². The van der Waals surface area contributed by atoms with Crippen LogP contribution in [0.5, 0.6) is 0 Å². The molecule has 130 valence electrons. The van der Waals surface area contributed by atoms with Crippen LogP contribution >= 0.6 is 0 Å². The second-order valence-electron chi connectivity index (χ2n) is 5.64. The van der Waals surface area contributed by atoms with Crippen LogP contribution in [0.25, 0.3) is 0 Å². The fourth-order valence-corrected chi connectivity index (χ4v) is 2.87. The monoisotopic (exact) mass is 342 g/mol. The number of likely N-dealkylation sites (tertiary alicyclic amines) is 1. The summed E-state index contributed by atoms with van der Waals surface area (Å²) in [5.74, 6) is -0.579. The van der Waals surface area contributed by atoms with E-state index in [9.17, 15) is 19.5 Å². The maximum Gasteiger partial charge on any atom is 0.407 e. The summed E-state index contributed by atoms with van der Waals surface area (Å²) in [5, 5.41) is 12.9. The van der Waals surface area contributed by atoms with E-state index in [-0.39, 0.29) is 6.54 Å². The number of benzene rings is 1. The van der Waals surface area contributed by atoms with Gasteiger partial charge in [0.25, 0.3) is 5.91 Å². The Hall–Kier alpha value is -3.29. The molecule has 8 nitrogen and oxygen atoms in total. The SMILES string of the molecule is O=C(O)N1CCCC1C(=O)N(C(=O)Nc1ccccc1)n1cccc1. The molecule has 0 spiro atoms. The highest BCUT2D eigenvalue weighted by atomic mass is 16.4. The third-order valence-electron chi connectivity index (χ3n) is 4.03. The highest BCUT2D eigenvalue weighted by Gasteiger charge is 2.39. The van der Waals surface area contributed by atoms with E-state index in [0.29, 0.717) is 18.5 Å². The lowest BCUT2D eigenvalue weighted by Gasteiger charge is -2.28. The molecule has 1 aromatic heterocycles. The number of aromatic nitrogens is 1. The van der Waals surface area contributed by atoms with Crippen LogP contribution in [0.15, 0.2) is 54.9 Å². The van der Waals surface area contributed by atoms with Crippen molar-refractivity contribution in [1.29, 1.82) is 0 Å². The lowest BCUT2D eigenvalue weighted by molar-refractivity contribution is -0.123. The number of anilines is 1. The number of rotatable bonds is 3. The van der Waals surface area contributed by atoms with E-state index in [2.05, 4.69) is 5.32 Å². The van der Waals surface area contributed by atoms with Gasteiger partial charge in [-0.2, -0.15) is 5.01 Å². The van der Waals surface area contributed by atoms with Crippen LogP contribution in [-0.4, -0.2) is 45.3 Å². The van der Waals surface area contributed by atoms with Gasteiger partial charge in [0.05, 0.1) is 0 Å². The van der Waals surface area contributed by atoms with Crippen LogP contribution in [0.3, 0.4) is 0 Å². The molecule has 1 unspecified atom stereocenters. The molecule has 1 fully saturated rings.